The van der Waals surface area contributed by atoms with Crippen molar-refractivity contribution >= 4 is 17.9 Å². The lowest BCUT2D eigenvalue weighted by Crippen LogP contribution is -2.40. The number of esters is 1. The van der Waals surface area contributed by atoms with Gasteiger partial charge in [-0.2, -0.15) is 0 Å². The van der Waals surface area contributed by atoms with Gasteiger partial charge in [-0.25, -0.2) is 9.59 Å². The van der Waals surface area contributed by atoms with E-state index < -0.39 is 23.4 Å². The molecule has 2 N–H and O–H groups in total. The van der Waals surface area contributed by atoms with Crippen molar-refractivity contribution in [3.05, 3.63) is 34.9 Å². The molecule has 1 aliphatic heterocycles. The van der Waals surface area contributed by atoms with Crippen LogP contribution in [-0.2, 0) is 15.1 Å². The van der Waals surface area contributed by atoms with E-state index in [9.17, 15) is 14.4 Å². The van der Waals surface area contributed by atoms with Gasteiger partial charge in [-0.05, 0) is 31.0 Å². The van der Waals surface area contributed by atoms with E-state index in [0.29, 0.717) is 16.7 Å². The molecule has 3 amide bonds. The second kappa shape index (κ2) is 4.38. The molecule has 1 unspecified atom stereocenters. The quantitative estimate of drug-likeness (QED) is 0.611. The van der Waals surface area contributed by atoms with Gasteiger partial charge < -0.3 is 10.1 Å². The lowest BCUT2D eigenvalue weighted by Gasteiger charge is -2.22. The van der Waals surface area contributed by atoms with Crippen molar-refractivity contribution in [1.82, 2.24) is 10.6 Å². The van der Waals surface area contributed by atoms with Crippen molar-refractivity contribution in [3.8, 4) is 0 Å². The van der Waals surface area contributed by atoms with Crippen LogP contribution in [0, 0.1) is 6.92 Å². The van der Waals surface area contributed by atoms with E-state index in [1.165, 1.54) is 7.11 Å². The minimum absolute atomic E-state index is 0.414. The van der Waals surface area contributed by atoms with Gasteiger partial charge in [-0.15, -0.1) is 0 Å². The Labute approximate surface area is 110 Å². The molecule has 1 atom stereocenters. The van der Waals surface area contributed by atoms with Crippen molar-refractivity contribution in [2.24, 2.45) is 0 Å². The zero-order valence-electron chi connectivity index (χ0n) is 10.9. The Kier molecular flexibility index (Phi) is 3.01. The number of urea groups is 1. The third kappa shape index (κ3) is 2.05. The standard InChI is InChI=1S/C13H14N2O4/c1-7-6-8(4-5-9(7)10(16)19-3)13(2)11(17)14-12(18)15-13/h4-6H,1-3H3,(H2,14,15,17,18). The molecule has 0 aliphatic carbocycles. The fraction of sp³-hybridized carbons (Fsp3) is 0.308. The van der Waals surface area contributed by atoms with E-state index in [4.69, 9.17) is 0 Å². The lowest BCUT2D eigenvalue weighted by atomic mass is 9.90. The smallest absolute Gasteiger partial charge is 0.338 e. The van der Waals surface area contributed by atoms with Crippen LogP contribution in [0.1, 0.15) is 28.4 Å². The van der Waals surface area contributed by atoms with Crippen LogP contribution in [0.25, 0.3) is 0 Å². The minimum Gasteiger partial charge on any atom is -0.465 e. The fourth-order valence-corrected chi connectivity index (χ4v) is 2.06. The molecule has 0 radical (unpaired) electrons. The third-order valence-corrected chi connectivity index (χ3v) is 3.25. The van der Waals surface area contributed by atoms with Crippen LogP contribution in [0.2, 0.25) is 0 Å². The van der Waals surface area contributed by atoms with Crippen LogP contribution in [-0.4, -0.2) is 25.0 Å². The van der Waals surface area contributed by atoms with E-state index >= 15 is 0 Å². The SMILES string of the molecule is COC(=O)c1ccc(C2(C)NC(=O)NC2=O)cc1C. The second-order valence-electron chi connectivity index (χ2n) is 4.55. The van der Waals surface area contributed by atoms with Crippen LogP contribution in [0.4, 0.5) is 4.79 Å². The number of rotatable bonds is 2. The van der Waals surface area contributed by atoms with Gasteiger partial charge in [0, 0.05) is 0 Å². The van der Waals surface area contributed by atoms with Crippen molar-refractivity contribution in [2.75, 3.05) is 7.11 Å². The van der Waals surface area contributed by atoms with Gasteiger partial charge in [-0.1, -0.05) is 12.1 Å². The first-order valence-electron chi connectivity index (χ1n) is 5.71. The van der Waals surface area contributed by atoms with E-state index in [-0.39, 0.29) is 0 Å². The molecule has 1 aromatic rings. The summed E-state index contributed by atoms with van der Waals surface area (Å²) in [6.07, 6.45) is 0. The number of hydrogen-bond acceptors (Lipinski definition) is 4. The highest BCUT2D eigenvalue weighted by Gasteiger charge is 2.43. The summed E-state index contributed by atoms with van der Waals surface area (Å²) in [5.41, 5.74) is 0.608. The highest BCUT2D eigenvalue weighted by atomic mass is 16.5. The molecule has 0 spiro atoms. The zero-order valence-corrected chi connectivity index (χ0v) is 10.9. The number of aryl methyl sites for hydroxylation is 1. The number of carbonyl (C=O) groups is 3. The van der Waals surface area contributed by atoms with Gasteiger partial charge in [0.2, 0.25) is 0 Å². The highest BCUT2D eigenvalue weighted by molar-refractivity contribution is 6.07. The Morgan fingerprint density at radius 2 is 2.00 bits per heavy atom. The molecule has 0 saturated carbocycles. The number of methoxy groups -OCH3 is 1. The summed E-state index contributed by atoms with van der Waals surface area (Å²) >= 11 is 0. The van der Waals surface area contributed by atoms with Crippen molar-refractivity contribution in [1.29, 1.82) is 0 Å². The van der Waals surface area contributed by atoms with Gasteiger partial charge in [0.15, 0.2) is 0 Å². The average Bonchev–Trinajstić information content (AvgIpc) is 2.63. The molecule has 1 aliphatic rings. The fourth-order valence-electron chi connectivity index (χ4n) is 2.06. The summed E-state index contributed by atoms with van der Waals surface area (Å²) in [7, 11) is 1.31. The Bertz CT molecular complexity index is 582. The summed E-state index contributed by atoms with van der Waals surface area (Å²) in [5, 5.41) is 4.76. The number of carbonyl (C=O) groups excluding carboxylic acids is 3. The maximum absolute atomic E-state index is 11.8. The normalized spacial score (nSPS) is 21.8. The number of ether oxygens (including phenoxy) is 1. The maximum Gasteiger partial charge on any atom is 0.338 e. The predicted octanol–water partition coefficient (Wildman–Crippen LogP) is 0.836. The Morgan fingerprint density at radius 3 is 2.47 bits per heavy atom. The molecule has 0 aromatic heterocycles. The summed E-state index contributed by atoms with van der Waals surface area (Å²) in [5.74, 6) is -0.850. The molecular weight excluding hydrogens is 248 g/mol. The van der Waals surface area contributed by atoms with Crippen molar-refractivity contribution in [2.45, 2.75) is 19.4 Å². The molecule has 1 fully saturated rings. The van der Waals surface area contributed by atoms with E-state index in [1.54, 1.807) is 32.0 Å². The first-order chi connectivity index (χ1) is 8.88. The van der Waals surface area contributed by atoms with Gasteiger partial charge in [-0.3, -0.25) is 10.1 Å². The average molecular weight is 262 g/mol. The van der Waals surface area contributed by atoms with Crippen LogP contribution in [0.3, 0.4) is 0 Å². The summed E-state index contributed by atoms with van der Waals surface area (Å²) in [6, 6.07) is 4.38. The lowest BCUT2D eigenvalue weighted by molar-refractivity contribution is -0.123. The summed E-state index contributed by atoms with van der Waals surface area (Å²) in [6.45, 7) is 3.35. The van der Waals surface area contributed by atoms with E-state index in [1.807, 2.05) is 0 Å². The van der Waals surface area contributed by atoms with Gasteiger partial charge in [0.25, 0.3) is 5.91 Å². The monoisotopic (exact) mass is 262 g/mol. The first kappa shape index (κ1) is 13.1. The molecule has 1 saturated heterocycles. The van der Waals surface area contributed by atoms with Crippen molar-refractivity contribution < 1.29 is 19.1 Å². The van der Waals surface area contributed by atoms with Crippen molar-refractivity contribution in [3.63, 3.8) is 0 Å². The van der Waals surface area contributed by atoms with Gasteiger partial charge >= 0.3 is 12.0 Å². The summed E-state index contributed by atoms with van der Waals surface area (Å²) in [4.78, 5) is 34.5. The molecule has 6 heteroatoms. The second-order valence-corrected chi connectivity index (χ2v) is 4.55. The number of nitrogens with one attached hydrogen (secondary N) is 2. The number of imide groups is 1. The zero-order chi connectivity index (χ0) is 14.2. The molecule has 19 heavy (non-hydrogen) atoms. The molecule has 1 aromatic carbocycles. The predicted molar refractivity (Wildman–Crippen MR) is 66.5 cm³/mol. The third-order valence-electron chi connectivity index (χ3n) is 3.25. The topological polar surface area (TPSA) is 84.5 Å². The summed E-state index contributed by atoms with van der Waals surface area (Å²) < 4.78 is 4.66. The number of amides is 3. The van der Waals surface area contributed by atoms with Crippen LogP contribution in [0.15, 0.2) is 18.2 Å². The molecule has 6 nitrogen and oxygen atoms in total. The Morgan fingerprint density at radius 1 is 1.32 bits per heavy atom. The van der Waals surface area contributed by atoms with Gasteiger partial charge in [0.1, 0.15) is 5.54 Å². The molecule has 100 valence electrons. The Balaban J connectivity index is 2.43. The van der Waals surface area contributed by atoms with E-state index in [0.717, 1.165) is 0 Å². The van der Waals surface area contributed by atoms with Crippen LogP contribution in [0.5, 0.6) is 0 Å². The van der Waals surface area contributed by atoms with Crippen LogP contribution >= 0.6 is 0 Å². The van der Waals surface area contributed by atoms with E-state index in [2.05, 4.69) is 15.4 Å². The molecule has 2 rings (SSSR count). The van der Waals surface area contributed by atoms with Crippen LogP contribution < -0.4 is 10.6 Å². The molecular formula is C13H14N2O4. The Hall–Kier alpha value is -2.37. The molecule has 0 bridgehead atoms. The number of hydrogen-bond donors (Lipinski definition) is 2. The number of benzene rings is 1. The maximum atomic E-state index is 11.8. The van der Waals surface area contributed by atoms with Gasteiger partial charge in [0.05, 0.1) is 12.7 Å². The first-order valence-corrected chi connectivity index (χ1v) is 5.71. The largest absolute Gasteiger partial charge is 0.465 e. The minimum atomic E-state index is -1.11. The highest BCUT2D eigenvalue weighted by Crippen LogP contribution is 2.26. The molecule has 1 heterocycles.